The molecule has 1 aromatic carbocycles. The highest BCUT2D eigenvalue weighted by Crippen LogP contribution is 2.11. The molecular formula is C12H14FNO3. The van der Waals surface area contributed by atoms with Crippen molar-refractivity contribution in [3.05, 3.63) is 35.6 Å². The summed E-state index contributed by atoms with van der Waals surface area (Å²) in [5.41, 5.74) is 0.311. The summed E-state index contributed by atoms with van der Waals surface area (Å²) in [5, 5.41) is 8.73. The van der Waals surface area contributed by atoms with Crippen LogP contribution in [0.5, 0.6) is 0 Å². The molecule has 1 atom stereocenters. The van der Waals surface area contributed by atoms with E-state index in [1.54, 1.807) is 19.0 Å². The van der Waals surface area contributed by atoms with Gasteiger partial charge in [-0.2, -0.15) is 0 Å². The smallest absolute Gasteiger partial charge is 0.305 e. The van der Waals surface area contributed by atoms with E-state index in [2.05, 4.69) is 0 Å². The summed E-state index contributed by atoms with van der Waals surface area (Å²) in [6.07, 6.45) is -0.275. The lowest BCUT2D eigenvalue weighted by atomic mass is 10.0. The van der Waals surface area contributed by atoms with Gasteiger partial charge in [0.05, 0.1) is 12.5 Å². The van der Waals surface area contributed by atoms with Crippen LogP contribution in [0.4, 0.5) is 4.39 Å². The summed E-state index contributed by atoms with van der Waals surface area (Å²) in [6, 6.07) is 4.34. The summed E-state index contributed by atoms with van der Waals surface area (Å²) in [7, 11) is 3.27. The van der Waals surface area contributed by atoms with Crippen molar-refractivity contribution >= 4 is 11.8 Å². The lowest BCUT2D eigenvalue weighted by molar-refractivity contribution is -0.137. The Morgan fingerprint density at radius 2 is 1.82 bits per heavy atom. The van der Waals surface area contributed by atoms with Crippen LogP contribution in [0.3, 0.4) is 0 Å². The summed E-state index contributed by atoms with van der Waals surface area (Å²) in [4.78, 5) is 24.2. The minimum Gasteiger partial charge on any atom is -0.481 e. The van der Waals surface area contributed by atoms with Crippen LogP contribution in [0.2, 0.25) is 0 Å². The molecule has 0 aliphatic rings. The van der Waals surface area contributed by atoms with Gasteiger partial charge in [-0.1, -0.05) is 0 Å². The van der Waals surface area contributed by atoms with E-state index in [9.17, 15) is 14.0 Å². The molecule has 0 aromatic heterocycles. The molecule has 0 spiro atoms. The number of hydrogen-bond acceptors (Lipinski definition) is 3. The maximum absolute atomic E-state index is 12.7. The highest BCUT2D eigenvalue weighted by molar-refractivity contribution is 6.01. The molecule has 0 saturated carbocycles. The van der Waals surface area contributed by atoms with Crippen LogP contribution in [0.25, 0.3) is 0 Å². The topological polar surface area (TPSA) is 57.6 Å². The number of likely N-dealkylation sites (N-methyl/N-ethyl adjacent to an activating group) is 1. The van der Waals surface area contributed by atoms with E-state index in [1.807, 2.05) is 0 Å². The van der Waals surface area contributed by atoms with Gasteiger partial charge in [0.15, 0.2) is 5.78 Å². The first-order valence-corrected chi connectivity index (χ1v) is 5.10. The molecule has 0 fully saturated rings. The zero-order valence-electron chi connectivity index (χ0n) is 9.68. The largest absolute Gasteiger partial charge is 0.481 e. The molecule has 1 rings (SSSR count). The highest BCUT2D eigenvalue weighted by atomic mass is 19.1. The van der Waals surface area contributed by atoms with E-state index >= 15 is 0 Å². The molecule has 0 radical (unpaired) electrons. The van der Waals surface area contributed by atoms with Gasteiger partial charge in [-0.25, -0.2) is 4.39 Å². The number of carbonyl (C=O) groups is 2. The summed E-state index contributed by atoms with van der Waals surface area (Å²) in [5.74, 6) is -1.79. The number of hydrogen-bond donors (Lipinski definition) is 1. The maximum Gasteiger partial charge on any atom is 0.305 e. The first-order chi connectivity index (χ1) is 7.91. The van der Waals surface area contributed by atoms with E-state index < -0.39 is 17.8 Å². The first kappa shape index (κ1) is 13.3. The number of nitrogens with zero attached hydrogens (tertiary/aromatic N) is 1. The Kier molecular flexibility index (Phi) is 4.34. The molecule has 0 aliphatic heterocycles. The number of carboxylic acids is 1. The zero-order chi connectivity index (χ0) is 13.0. The molecule has 92 valence electrons. The second-order valence-corrected chi connectivity index (χ2v) is 3.95. The molecular weight excluding hydrogens is 225 g/mol. The van der Waals surface area contributed by atoms with Gasteiger partial charge in [-0.3, -0.25) is 14.5 Å². The molecule has 4 nitrogen and oxygen atoms in total. The second-order valence-electron chi connectivity index (χ2n) is 3.95. The fourth-order valence-corrected chi connectivity index (χ4v) is 1.48. The van der Waals surface area contributed by atoms with Crippen molar-refractivity contribution in [2.45, 2.75) is 12.5 Å². The van der Waals surface area contributed by atoms with Crippen molar-refractivity contribution in [3.8, 4) is 0 Å². The third-order valence-electron chi connectivity index (χ3n) is 2.42. The van der Waals surface area contributed by atoms with Gasteiger partial charge in [-0.15, -0.1) is 0 Å². The van der Waals surface area contributed by atoms with E-state index in [4.69, 9.17) is 5.11 Å². The van der Waals surface area contributed by atoms with Crippen molar-refractivity contribution in [3.63, 3.8) is 0 Å². The number of aliphatic carboxylic acids is 1. The molecule has 0 amide bonds. The lowest BCUT2D eigenvalue weighted by Gasteiger charge is -2.21. The number of carbonyl (C=O) groups excluding carboxylic acids is 1. The lowest BCUT2D eigenvalue weighted by Crippen LogP contribution is -2.37. The third-order valence-corrected chi connectivity index (χ3v) is 2.42. The number of rotatable bonds is 5. The number of halogens is 1. The predicted octanol–water partition coefficient (Wildman–Crippen LogP) is 1.41. The monoisotopic (exact) mass is 239 g/mol. The quantitative estimate of drug-likeness (QED) is 0.789. The van der Waals surface area contributed by atoms with Crippen LogP contribution >= 0.6 is 0 Å². The Labute approximate surface area is 98.7 Å². The molecule has 17 heavy (non-hydrogen) atoms. The van der Waals surface area contributed by atoms with E-state index in [-0.39, 0.29) is 12.2 Å². The number of Topliss-reactive ketones (excluding diaryl/α,β-unsaturated/α-hetero) is 1. The van der Waals surface area contributed by atoms with Crippen LogP contribution in [0.15, 0.2) is 24.3 Å². The van der Waals surface area contributed by atoms with E-state index in [1.165, 1.54) is 24.3 Å². The van der Waals surface area contributed by atoms with Gasteiger partial charge in [-0.05, 0) is 38.4 Å². The van der Waals surface area contributed by atoms with Crippen molar-refractivity contribution < 1.29 is 19.1 Å². The second kappa shape index (κ2) is 5.54. The number of benzene rings is 1. The third kappa shape index (κ3) is 3.64. The van der Waals surface area contributed by atoms with Gasteiger partial charge >= 0.3 is 5.97 Å². The van der Waals surface area contributed by atoms with Gasteiger partial charge in [0.2, 0.25) is 0 Å². The molecule has 0 saturated heterocycles. The Balaban J connectivity index is 2.91. The summed E-state index contributed by atoms with van der Waals surface area (Å²) >= 11 is 0. The Hall–Kier alpha value is -1.75. The average Bonchev–Trinajstić information content (AvgIpc) is 2.25. The van der Waals surface area contributed by atoms with Crippen LogP contribution in [-0.2, 0) is 4.79 Å². The van der Waals surface area contributed by atoms with Crippen LogP contribution < -0.4 is 0 Å². The Morgan fingerprint density at radius 3 is 2.24 bits per heavy atom. The number of ketones is 1. The van der Waals surface area contributed by atoms with E-state index in [0.717, 1.165) is 0 Å². The van der Waals surface area contributed by atoms with Gasteiger partial charge < -0.3 is 5.11 Å². The van der Waals surface area contributed by atoms with E-state index in [0.29, 0.717) is 5.56 Å². The summed E-state index contributed by atoms with van der Waals surface area (Å²) < 4.78 is 12.7. The van der Waals surface area contributed by atoms with Crippen LogP contribution in [0.1, 0.15) is 16.8 Å². The predicted molar refractivity (Wildman–Crippen MR) is 60.5 cm³/mol. The fourth-order valence-electron chi connectivity index (χ4n) is 1.48. The minimum atomic E-state index is -1.04. The van der Waals surface area contributed by atoms with Gasteiger partial charge in [0.1, 0.15) is 5.82 Å². The minimum absolute atomic E-state index is 0.275. The van der Waals surface area contributed by atoms with Crippen LogP contribution in [0, 0.1) is 5.82 Å². The zero-order valence-corrected chi connectivity index (χ0v) is 9.68. The Bertz CT molecular complexity index is 414. The first-order valence-electron chi connectivity index (χ1n) is 5.10. The molecule has 0 heterocycles. The highest BCUT2D eigenvalue weighted by Gasteiger charge is 2.24. The van der Waals surface area contributed by atoms with Crippen molar-refractivity contribution in [1.82, 2.24) is 4.90 Å². The standard InChI is InChI=1S/C12H14FNO3/c1-14(2)10(7-11(15)16)12(17)8-3-5-9(13)6-4-8/h3-6,10H,7H2,1-2H3,(H,15,16). The molecule has 0 bridgehead atoms. The van der Waals surface area contributed by atoms with Gasteiger partial charge in [0, 0.05) is 5.56 Å². The number of carboxylic acid groups (broad SMARTS) is 1. The Morgan fingerprint density at radius 1 is 1.29 bits per heavy atom. The normalized spacial score (nSPS) is 12.5. The van der Waals surface area contributed by atoms with Crippen molar-refractivity contribution in [2.24, 2.45) is 0 Å². The van der Waals surface area contributed by atoms with Crippen molar-refractivity contribution in [1.29, 1.82) is 0 Å². The fraction of sp³-hybridized carbons (Fsp3) is 0.333. The van der Waals surface area contributed by atoms with Crippen LogP contribution in [-0.4, -0.2) is 41.9 Å². The molecule has 0 aliphatic carbocycles. The molecule has 1 unspecified atom stereocenters. The average molecular weight is 239 g/mol. The van der Waals surface area contributed by atoms with Gasteiger partial charge in [0.25, 0.3) is 0 Å². The van der Waals surface area contributed by atoms with Crippen molar-refractivity contribution in [2.75, 3.05) is 14.1 Å². The maximum atomic E-state index is 12.7. The molecule has 1 aromatic rings. The SMILES string of the molecule is CN(C)C(CC(=O)O)C(=O)c1ccc(F)cc1. The molecule has 5 heteroatoms. The molecule has 1 N–H and O–H groups in total. The summed E-state index contributed by atoms with van der Waals surface area (Å²) in [6.45, 7) is 0.